The van der Waals surface area contributed by atoms with Crippen molar-refractivity contribution in [1.82, 2.24) is 5.32 Å². The van der Waals surface area contributed by atoms with Crippen LogP contribution in [0.25, 0.3) is 11.1 Å². The van der Waals surface area contributed by atoms with Crippen LogP contribution in [0.1, 0.15) is 68.9 Å². The fourth-order valence-electron chi connectivity index (χ4n) is 4.32. The first-order valence-corrected chi connectivity index (χ1v) is 11.5. The summed E-state index contributed by atoms with van der Waals surface area (Å²) < 4.78 is 5.39. The maximum absolute atomic E-state index is 12.5. The van der Waals surface area contributed by atoms with Crippen molar-refractivity contribution in [1.29, 1.82) is 0 Å². The number of hydrogen-bond donors (Lipinski definition) is 3. The van der Waals surface area contributed by atoms with Crippen molar-refractivity contribution >= 4 is 17.8 Å². The molecule has 7 nitrogen and oxygen atoms in total. The molecule has 1 aliphatic carbocycles. The summed E-state index contributed by atoms with van der Waals surface area (Å²) in [6, 6.07) is 15.8. The molecular formula is C26H32N2O5. The Bertz CT molecular complexity index is 960. The van der Waals surface area contributed by atoms with Gasteiger partial charge in [-0.1, -0.05) is 81.1 Å². The number of ether oxygens (including phenoxy) is 1. The third kappa shape index (κ3) is 5.99. The van der Waals surface area contributed by atoms with Crippen LogP contribution in [0.4, 0.5) is 4.79 Å². The number of carbonyl (C=O) groups excluding carboxylic acids is 2. The van der Waals surface area contributed by atoms with Crippen molar-refractivity contribution in [3.8, 4) is 11.1 Å². The Hall–Kier alpha value is -3.19. The van der Waals surface area contributed by atoms with Gasteiger partial charge in [0.1, 0.15) is 12.4 Å². The minimum absolute atomic E-state index is 0.0287. The summed E-state index contributed by atoms with van der Waals surface area (Å²) in [5.74, 6) is -1.93. The molecule has 0 bridgehead atoms. The maximum Gasteiger partial charge on any atom is 0.409 e. The van der Waals surface area contributed by atoms with E-state index in [0.717, 1.165) is 47.9 Å². The van der Waals surface area contributed by atoms with Gasteiger partial charge in [0.15, 0.2) is 5.66 Å². The topological polar surface area (TPSA) is 119 Å². The highest BCUT2D eigenvalue weighted by Gasteiger charge is 2.39. The van der Waals surface area contributed by atoms with E-state index < -0.39 is 24.1 Å². The summed E-state index contributed by atoms with van der Waals surface area (Å²) in [4.78, 5) is 36.5. The average Bonchev–Trinajstić information content (AvgIpc) is 3.11. The molecule has 2 aromatic carbocycles. The van der Waals surface area contributed by atoms with Gasteiger partial charge in [-0.05, 0) is 28.7 Å². The molecule has 0 radical (unpaired) electrons. The van der Waals surface area contributed by atoms with Crippen LogP contribution >= 0.6 is 0 Å². The molecule has 0 spiro atoms. The second-order valence-electron chi connectivity index (χ2n) is 8.61. The van der Waals surface area contributed by atoms with Crippen LogP contribution in [0.3, 0.4) is 0 Å². The first-order chi connectivity index (χ1) is 15.9. The van der Waals surface area contributed by atoms with E-state index in [1.165, 1.54) is 0 Å². The highest BCUT2D eigenvalue weighted by Crippen LogP contribution is 2.44. The SMILES string of the molecule is CCCCCCCC(=O)CC(N)(NC(=O)OCC1c2ccccc2-c2ccccc21)C(=O)O. The molecule has 1 atom stereocenters. The number of hydrogen-bond acceptors (Lipinski definition) is 5. The number of benzene rings is 2. The standard InChI is InChI=1S/C26H32N2O5/c1-2-3-4-5-6-11-18(29)16-26(27,24(30)31)28-25(32)33-17-23-21-14-9-7-12-19(21)20-13-8-10-15-22(20)23/h7-10,12-15,23H,2-6,11,16-17,27H2,1H3,(H,28,32)(H,30,31). The van der Waals surface area contributed by atoms with Crippen molar-refractivity contribution in [3.63, 3.8) is 0 Å². The van der Waals surface area contributed by atoms with Gasteiger partial charge in [-0.15, -0.1) is 0 Å². The smallest absolute Gasteiger partial charge is 0.409 e. The van der Waals surface area contributed by atoms with E-state index in [1.807, 2.05) is 48.5 Å². The second-order valence-corrected chi connectivity index (χ2v) is 8.61. The average molecular weight is 453 g/mol. The molecule has 33 heavy (non-hydrogen) atoms. The van der Waals surface area contributed by atoms with E-state index in [-0.39, 0.29) is 24.7 Å². The molecule has 7 heteroatoms. The van der Waals surface area contributed by atoms with Gasteiger partial charge in [-0.2, -0.15) is 0 Å². The van der Waals surface area contributed by atoms with E-state index in [9.17, 15) is 19.5 Å². The first-order valence-electron chi connectivity index (χ1n) is 11.5. The van der Waals surface area contributed by atoms with Crippen LogP contribution in [0.2, 0.25) is 0 Å². The fourth-order valence-corrected chi connectivity index (χ4v) is 4.32. The molecule has 1 aliphatic rings. The zero-order chi connectivity index (χ0) is 23.8. The zero-order valence-electron chi connectivity index (χ0n) is 19.0. The number of carboxylic acids is 1. The van der Waals surface area contributed by atoms with Crippen molar-refractivity contribution in [2.24, 2.45) is 5.73 Å². The normalized spacial score (nSPS) is 14.1. The van der Waals surface area contributed by atoms with Crippen molar-refractivity contribution in [2.75, 3.05) is 6.61 Å². The number of carbonyl (C=O) groups is 3. The Morgan fingerprint density at radius 2 is 1.55 bits per heavy atom. The summed E-state index contributed by atoms with van der Waals surface area (Å²) in [6.45, 7) is 2.14. The quantitative estimate of drug-likeness (QED) is 0.320. The van der Waals surface area contributed by atoms with Crippen LogP contribution in [0, 0.1) is 0 Å². The third-order valence-corrected chi connectivity index (χ3v) is 6.09. The lowest BCUT2D eigenvalue weighted by Gasteiger charge is -2.25. The van der Waals surface area contributed by atoms with E-state index in [0.29, 0.717) is 6.42 Å². The van der Waals surface area contributed by atoms with Gasteiger partial charge in [-0.25, -0.2) is 9.59 Å². The number of carboxylic acid groups (broad SMARTS) is 1. The molecule has 0 aliphatic heterocycles. The Kier molecular flexibility index (Phi) is 8.22. The van der Waals surface area contributed by atoms with Crippen LogP contribution in [-0.4, -0.2) is 35.2 Å². The minimum Gasteiger partial charge on any atom is -0.478 e. The van der Waals surface area contributed by atoms with Crippen LogP contribution < -0.4 is 11.1 Å². The largest absolute Gasteiger partial charge is 0.478 e. The predicted molar refractivity (Wildman–Crippen MR) is 126 cm³/mol. The summed E-state index contributed by atoms with van der Waals surface area (Å²) in [6.07, 6.45) is 3.62. The number of fused-ring (bicyclic) bond motifs is 3. The summed E-state index contributed by atoms with van der Waals surface area (Å²) in [5.41, 5.74) is 7.96. The Labute approximate surface area is 194 Å². The number of aliphatic carboxylic acids is 1. The second kappa shape index (κ2) is 11.1. The van der Waals surface area contributed by atoms with E-state index >= 15 is 0 Å². The molecule has 0 heterocycles. The van der Waals surface area contributed by atoms with E-state index in [2.05, 4.69) is 12.2 Å². The highest BCUT2D eigenvalue weighted by molar-refractivity contribution is 5.91. The fraction of sp³-hybridized carbons (Fsp3) is 0.423. The third-order valence-electron chi connectivity index (χ3n) is 6.09. The lowest BCUT2D eigenvalue weighted by atomic mass is 9.98. The molecule has 2 aromatic rings. The summed E-state index contributed by atoms with van der Waals surface area (Å²) in [7, 11) is 0. The Morgan fingerprint density at radius 3 is 2.12 bits per heavy atom. The molecule has 1 unspecified atom stereocenters. The molecule has 0 saturated heterocycles. The van der Waals surface area contributed by atoms with E-state index in [1.54, 1.807) is 0 Å². The van der Waals surface area contributed by atoms with Gasteiger partial charge in [0, 0.05) is 12.3 Å². The Balaban J connectivity index is 1.58. The van der Waals surface area contributed by atoms with Gasteiger partial charge in [0.25, 0.3) is 0 Å². The number of nitrogens with two attached hydrogens (primary N) is 1. The summed E-state index contributed by atoms with van der Waals surface area (Å²) >= 11 is 0. The van der Waals surface area contributed by atoms with E-state index in [4.69, 9.17) is 10.5 Å². The number of rotatable bonds is 12. The molecule has 176 valence electrons. The molecular weight excluding hydrogens is 420 g/mol. The zero-order valence-corrected chi connectivity index (χ0v) is 19.0. The number of nitrogens with one attached hydrogen (secondary N) is 1. The van der Waals surface area contributed by atoms with Crippen molar-refractivity contribution < 1.29 is 24.2 Å². The monoisotopic (exact) mass is 452 g/mol. The van der Waals surface area contributed by atoms with Gasteiger partial charge in [0.05, 0.1) is 6.42 Å². The first kappa shape index (κ1) is 24.5. The Morgan fingerprint density at radius 1 is 0.970 bits per heavy atom. The lowest BCUT2D eigenvalue weighted by molar-refractivity contribution is -0.146. The number of ketones is 1. The molecule has 4 N–H and O–H groups in total. The number of amides is 1. The maximum atomic E-state index is 12.5. The molecule has 0 saturated carbocycles. The molecule has 3 rings (SSSR count). The minimum atomic E-state index is -2.21. The van der Waals surface area contributed by atoms with Gasteiger partial charge >= 0.3 is 12.1 Å². The number of unbranched alkanes of at least 4 members (excludes halogenated alkanes) is 4. The number of Topliss-reactive ketones (excluding diaryl/α,β-unsaturated/α-hetero) is 1. The van der Waals surface area contributed by atoms with Crippen molar-refractivity contribution in [2.45, 2.75) is 63.5 Å². The lowest BCUT2D eigenvalue weighted by Crippen LogP contribution is -2.62. The summed E-state index contributed by atoms with van der Waals surface area (Å²) in [5, 5.41) is 11.8. The van der Waals surface area contributed by atoms with Gasteiger partial charge < -0.3 is 9.84 Å². The van der Waals surface area contributed by atoms with Crippen LogP contribution in [-0.2, 0) is 14.3 Å². The molecule has 1 amide bonds. The number of alkyl carbamates (subject to hydrolysis) is 1. The predicted octanol–water partition coefficient (Wildman–Crippen LogP) is 4.58. The molecule has 0 fully saturated rings. The van der Waals surface area contributed by atoms with Gasteiger partial charge in [0.2, 0.25) is 0 Å². The van der Waals surface area contributed by atoms with Crippen LogP contribution in [0.5, 0.6) is 0 Å². The highest BCUT2D eigenvalue weighted by atomic mass is 16.5. The van der Waals surface area contributed by atoms with Crippen LogP contribution in [0.15, 0.2) is 48.5 Å². The molecule has 0 aromatic heterocycles. The van der Waals surface area contributed by atoms with Gasteiger partial charge in [-0.3, -0.25) is 15.8 Å². The van der Waals surface area contributed by atoms with Crippen molar-refractivity contribution in [3.05, 3.63) is 59.7 Å².